The van der Waals surface area contributed by atoms with Gasteiger partial charge in [-0.25, -0.2) is 4.68 Å². The molecule has 144 valence electrons. The molecule has 3 heterocycles. The van der Waals surface area contributed by atoms with Crippen LogP contribution in [0.3, 0.4) is 0 Å². The van der Waals surface area contributed by atoms with Crippen molar-refractivity contribution in [2.45, 2.75) is 25.0 Å². The number of para-hydroxylation sites is 1. The monoisotopic (exact) mass is 415 g/mol. The molecule has 0 fully saturated rings. The van der Waals surface area contributed by atoms with Crippen LogP contribution in [-0.2, 0) is 24.8 Å². The van der Waals surface area contributed by atoms with Gasteiger partial charge >= 0.3 is 0 Å². The van der Waals surface area contributed by atoms with Crippen LogP contribution in [0.15, 0.2) is 29.4 Å². The largest absolute Gasteiger partial charge is 0.308 e. The van der Waals surface area contributed by atoms with E-state index >= 15 is 0 Å². The number of hydrogen-bond acceptors (Lipinski definition) is 9. The highest BCUT2D eigenvalue weighted by Crippen LogP contribution is 2.19. The summed E-state index contributed by atoms with van der Waals surface area (Å²) in [5.41, 5.74) is 1.77. The molecule has 0 aliphatic carbocycles. The van der Waals surface area contributed by atoms with Crippen LogP contribution in [0.25, 0.3) is 11.0 Å². The third-order valence-electron chi connectivity index (χ3n) is 3.98. The van der Waals surface area contributed by atoms with Gasteiger partial charge in [0.05, 0.1) is 11.3 Å². The quantitative estimate of drug-likeness (QED) is 0.454. The first-order valence-corrected chi connectivity index (χ1v) is 10.4. The predicted molar refractivity (Wildman–Crippen MR) is 106 cm³/mol. The van der Waals surface area contributed by atoms with E-state index in [2.05, 4.69) is 36.0 Å². The second-order valence-electron chi connectivity index (χ2n) is 5.88. The van der Waals surface area contributed by atoms with Gasteiger partial charge in [-0.3, -0.25) is 10.1 Å². The van der Waals surface area contributed by atoms with Crippen molar-refractivity contribution in [1.82, 2.24) is 40.0 Å². The van der Waals surface area contributed by atoms with Crippen molar-refractivity contribution in [3.8, 4) is 0 Å². The summed E-state index contributed by atoms with van der Waals surface area (Å²) in [6, 6.07) is 7.74. The van der Waals surface area contributed by atoms with Crippen molar-refractivity contribution < 1.29 is 4.79 Å². The molecule has 0 radical (unpaired) electrons. The Kier molecular flexibility index (Phi) is 5.30. The predicted octanol–water partition coefficient (Wildman–Crippen LogP) is 1.75. The zero-order valence-electron chi connectivity index (χ0n) is 15.2. The molecule has 4 rings (SSSR count). The Labute approximate surface area is 168 Å². The second kappa shape index (κ2) is 8.02. The number of benzene rings is 1. The van der Waals surface area contributed by atoms with Crippen LogP contribution in [-0.4, -0.2) is 51.6 Å². The number of aromatic nitrogens is 8. The van der Waals surface area contributed by atoms with E-state index in [1.165, 1.54) is 23.1 Å². The Bertz CT molecular complexity index is 1120. The van der Waals surface area contributed by atoms with Gasteiger partial charge in [-0.2, -0.15) is 0 Å². The molecule has 0 bridgehead atoms. The van der Waals surface area contributed by atoms with Gasteiger partial charge in [-0.05, 0) is 18.6 Å². The first-order chi connectivity index (χ1) is 13.6. The maximum atomic E-state index is 12.1. The molecule has 12 heteroatoms. The molecule has 10 nitrogen and oxygen atoms in total. The van der Waals surface area contributed by atoms with Gasteiger partial charge < -0.3 is 4.57 Å². The van der Waals surface area contributed by atoms with Crippen molar-refractivity contribution in [3.63, 3.8) is 0 Å². The molecule has 0 saturated heterocycles. The number of thioether (sulfide) groups is 1. The fourth-order valence-corrected chi connectivity index (χ4v) is 3.93. The lowest BCUT2D eigenvalue weighted by Gasteiger charge is -2.04. The number of anilines is 1. The number of aryl methyl sites for hydroxylation is 1. The van der Waals surface area contributed by atoms with E-state index in [0.29, 0.717) is 16.8 Å². The highest BCUT2D eigenvalue weighted by molar-refractivity contribution is 7.99. The molecule has 0 unspecified atom stereocenters. The Balaban J connectivity index is 1.38. The van der Waals surface area contributed by atoms with Gasteiger partial charge in [0.25, 0.3) is 0 Å². The van der Waals surface area contributed by atoms with Crippen LogP contribution >= 0.6 is 23.1 Å². The maximum Gasteiger partial charge on any atom is 0.236 e. The Morgan fingerprint density at radius 3 is 2.86 bits per heavy atom. The van der Waals surface area contributed by atoms with Gasteiger partial charge in [-0.15, -0.1) is 25.5 Å². The van der Waals surface area contributed by atoms with Gasteiger partial charge in [0.15, 0.2) is 11.0 Å². The van der Waals surface area contributed by atoms with Crippen molar-refractivity contribution in [2.75, 3.05) is 11.1 Å². The number of rotatable bonds is 7. The van der Waals surface area contributed by atoms with Crippen LogP contribution in [0.5, 0.6) is 0 Å². The van der Waals surface area contributed by atoms with Crippen LogP contribution in [0, 0.1) is 0 Å². The normalized spacial score (nSPS) is 11.2. The first kappa shape index (κ1) is 18.5. The van der Waals surface area contributed by atoms with Crippen molar-refractivity contribution in [3.05, 3.63) is 35.1 Å². The van der Waals surface area contributed by atoms with Crippen molar-refractivity contribution >= 4 is 45.2 Å². The summed E-state index contributed by atoms with van der Waals surface area (Å²) < 4.78 is 3.63. The molecule has 0 aliphatic heterocycles. The third-order valence-corrected chi connectivity index (χ3v) is 5.99. The minimum Gasteiger partial charge on any atom is -0.308 e. The van der Waals surface area contributed by atoms with Crippen LogP contribution in [0.1, 0.15) is 17.8 Å². The van der Waals surface area contributed by atoms with E-state index in [4.69, 9.17) is 0 Å². The van der Waals surface area contributed by atoms with Gasteiger partial charge in [0.1, 0.15) is 17.1 Å². The Hall–Kier alpha value is -2.86. The summed E-state index contributed by atoms with van der Waals surface area (Å²) in [4.78, 5) is 12.1. The lowest BCUT2D eigenvalue weighted by atomic mass is 10.3. The molecular weight excluding hydrogens is 398 g/mol. The zero-order valence-corrected chi connectivity index (χ0v) is 16.9. The smallest absolute Gasteiger partial charge is 0.236 e. The highest BCUT2D eigenvalue weighted by Gasteiger charge is 2.14. The third kappa shape index (κ3) is 3.87. The van der Waals surface area contributed by atoms with E-state index in [0.717, 1.165) is 28.3 Å². The SMILES string of the molecule is CCc1nnc(NC(=O)CSc2nnc(Cn3nnc4ccccc43)n2C)s1. The second-order valence-corrected chi connectivity index (χ2v) is 7.89. The molecule has 0 atom stereocenters. The Morgan fingerprint density at radius 1 is 1.18 bits per heavy atom. The lowest BCUT2D eigenvalue weighted by Crippen LogP contribution is -2.14. The van der Waals surface area contributed by atoms with E-state index < -0.39 is 0 Å². The number of fused-ring (bicyclic) bond motifs is 1. The molecule has 0 aliphatic rings. The first-order valence-electron chi connectivity index (χ1n) is 8.55. The fraction of sp³-hybridized carbons (Fsp3) is 0.312. The molecule has 3 aromatic heterocycles. The molecule has 0 saturated carbocycles. The summed E-state index contributed by atoms with van der Waals surface area (Å²) in [6.07, 6.45) is 0.797. The zero-order chi connectivity index (χ0) is 19.5. The summed E-state index contributed by atoms with van der Waals surface area (Å²) in [7, 11) is 1.87. The number of carbonyl (C=O) groups is 1. The standard InChI is InChI=1S/C16H17N9OS2/c1-3-14-20-21-15(28-14)17-13(26)9-27-16-22-19-12(24(16)2)8-25-11-7-5-4-6-10(11)18-23-25/h4-7H,3,8-9H2,1-2H3,(H,17,21,26). The average molecular weight is 416 g/mol. The van der Waals surface area contributed by atoms with Gasteiger partial charge in [-0.1, -0.05) is 47.4 Å². The lowest BCUT2D eigenvalue weighted by molar-refractivity contribution is -0.113. The van der Waals surface area contributed by atoms with Crippen molar-refractivity contribution in [2.24, 2.45) is 7.05 Å². The van der Waals surface area contributed by atoms with E-state index in [1.54, 1.807) is 4.68 Å². The van der Waals surface area contributed by atoms with E-state index in [9.17, 15) is 4.79 Å². The topological polar surface area (TPSA) is 116 Å². The minimum absolute atomic E-state index is 0.157. The maximum absolute atomic E-state index is 12.1. The van der Waals surface area contributed by atoms with E-state index in [-0.39, 0.29) is 11.7 Å². The Morgan fingerprint density at radius 2 is 2.04 bits per heavy atom. The van der Waals surface area contributed by atoms with Crippen molar-refractivity contribution in [1.29, 1.82) is 0 Å². The molecule has 1 N–H and O–H groups in total. The number of nitrogens with one attached hydrogen (secondary N) is 1. The number of amides is 1. The molecule has 28 heavy (non-hydrogen) atoms. The molecule has 1 aromatic carbocycles. The molecule has 1 amide bonds. The molecule has 4 aromatic rings. The fourth-order valence-electron chi connectivity index (χ4n) is 2.51. The van der Waals surface area contributed by atoms with E-state index in [1.807, 2.05) is 42.8 Å². The highest BCUT2D eigenvalue weighted by atomic mass is 32.2. The minimum atomic E-state index is -0.157. The number of hydrogen-bond donors (Lipinski definition) is 1. The molecule has 0 spiro atoms. The molecular formula is C16H17N9OS2. The number of carbonyl (C=O) groups excluding carboxylic acids is 1. The van der Waals surface area contributed by atoms with Crippen LogP contribution < -0.4 is 5.32 Å². The average Bonchev–Trinajstić information content (AvgIpc) is 3.41. The van der Waals surface area contributed by atoms with Gasteiger partial charge in [0.2, 0.25) is 11.0 Å². The van der Waals surface area contributed by atoms with Crippen LogP contribution in [0.2, 0.25) is 0 Å². The summed E-state index contributed by atoms with van der Waals surface area (Å²) in [6.45, 7) is 2.44. The summed E-state index contributed by atoms with van der Waals surface area (Å²) in [5.74, 6) is 0.783. The number of nitrogens with zero attached hydrogens (tertiary/aromatic N) is 8. The van der Waals surface area contributed by atoms with Crippen LogP contribution in [0.4, 0.5) is 5.13 Å². The van der Waals surface area contributed by atoms with Gasteiger partial charge in [0, 0.05) is 7.05 Å². The summed E-state index contributed by atoms with van der Waals surface area (Å²) >= 11 is 2.69. The summed E-state index contributed by atoms with van der Waals surface area (Å²) in [5, 5.41) is 29.5.